The van der Waals surface area contributed by atoms with Gasteiger partial charge in [-0.2, -0.15) is 0 Å². The lowest BCUT2D eigenvalue weighted by Crippen LogP contribution is -2.64. The van der Waals surface area contributed by atoms with Gasteiger partial charge < -0.3 is 59.8 Å². The number of hydrogen-bond donors (Lipinski definition) is 8. The molecule has 0 aromatic carbocycles. The van der Waals surface area contributed by atoms with Crippen molar-refractivity contribution in [2.45, 2.75) is 153 Å². The van der Waals surface area contributed by atoms with Crippen LogP contribution in [0.25, 0.3) is 0 Å². The van der Waals surface area contributed by atoms with Gasteiger partial charge in [-0.25, -0.2) is 0 Å². The Labute approximate surface area is 305 Å². The Morgan fingerprint density at radius 1 is 0.885 bits per heavy atom. The van der Waals surface area contributed by atoms with E-state index in [1.54, 1.807) is 0 Å². The number of Topliss-reactive ketones (excluding diaryl/α,β-unsaturated/α-hetero) is 2. The predicted molar refractivity (Wildman–Crippen MR) is 182 cm³/mol. The van der Waals surface area contributed by atoms with Crippen molar-refractivity contribution in [1.29, 1.82) is 0 Å². The van der Waals surface area contributed by atoms with Crippen LogP contribution in [0.3, 0.4) is 0 Å². The Balaban J connectivity index is 1.15. The zero-order valence-corrected chi connectivity index (χ0v) is 30.7. The van der Waals surface area contributed by atoms with Gasteiger partial charge in [0.05, 0.1) is 12.7 Å². The highest BCUT2D eigenvalue weighted by molar-refractivity contribution is 5.92. The number of carbonyl (C=O) groups excluding carboxylic acids is 2. The summed E-state index contributed by atoms with van der Waals surface area (Å²) in [6.45, 7) is 7.80. The van der Waals surface area contributed by atoms with E-state index in [9.17, 15) is 50.4 Å². The van der Waals surface area contributed by atoms with Gasteiger partial charge in [0.25, 0.3) is 0 Å². The first-order valence-corrected chi connectivity index (χ1v) is 19.2. The van der Waals surface area contributed by atoms with Gasteiger partial charge in [-0.1, -0.05) is 39.3 Å². The third-order valence-electron chi connectivity index (χ3n) is 14.2. The Morgan fingerprint density at radius 3 is 2.31 bits per heavy atom. The Morgan fingerprint density at radius 2 is 1.62 bits per heavy atom. The smallest absolute Gasteiger partial charge is 0.189 e. The number of allylic oxidation sites excluding steroid dienone is 1. The highest BCUT2D eigenvalue weighted by Gasteiger charge is 2.62. The molecule has 0 spiro atoms. The SMILES string of the molecule is C[C@@H](CO)CCC(=O)[C@@H](C)[C@H]1C(=O)C[C@H]2[C@@H]3CC=C4CC(O[C@@H]5OC(CO)[C@@H](O)C(O)[C@@H]5O[C@@H]5OC(O)[C@H](O)C(O)[C@@H]5O)CC[C@]4(C)[C@H]3CC[C@]12C. The van der Waals surface area contributed by atoms with Gasteiger partial charge in [0.2, 0.25) is 0 Å². The van der Waals surface area contributed by atoms with E-state index in [4.69, 9.17) is 18.9 Å². The molecule has 5 fully saturated rings. The summed E-state index contributed by atoms with van der Waals surface area (Å²) in [4.78, 5) is 27.0. The van der Waals surface area contributed by atoms with Crippen LogP contribution in [0.5, 0.6) is 0 Å². The average molecular weight is 741 g/mol. The van der Waals surface area contributed by atoms with Gasteiger partial charge in [0.1, 0.15) is 54.3 Å². The van der Waals surface area contributed by atoms with Gasteiger partial charge in [0, 0.05) is 31.3 Å². The van der Waals surface area contributed by atoms with Crippen LogP contribution in [0.15, 0.2) is 11.6 Å². The first-order valence-electron chi connectivity index (χ1n) is 19.2. The van der Waals surface area contributed by atoms with Crippen molar-refractivity contribution in [2.75, 3.05) is 13.2 Å². The van der Waals surface area contributed by atoms with Crippen LogP contribution in [0, 0.1) is 46.3 Å². The summed E-state index contributed by atoms with van der Waals surface area (Å²) < 4.78 is 23.2. The molecular weight excluding hydrogens is 680 g/mol. The lowest BCUT2D eigenvalue weighted by Gasteiger charge is -2.58. The van der Waals surface area contributed by atoms with E-state index in [0.29, 0.717) is 43.9 Å². The fraction of sp³-hybridized carbons (Fsp3) is 0.895. The summed E-state index contributed by atoms with van der Waals surface area (Å²) in [6, 6.07) is 0. The summed E-state index contributed by atoms with van der Waals surface area (Å²) in [5.74, 6) is 0.558. The monoisotopic (exact) mass is 740 g/mol. The maximum Gasteiger partial charge on any atom is 0.189 e. The lowest BCUT2D eigenvalue weighted by atomic mass is 9.47. The van der Waals surface area contributed by atoms with Crippen LogP contribution in [0.4, 0.5) is 0 Å². The van der Waals surface area contributed by atoms with E-state index in [1.807, 2.05) is 13.8 Å². The molecule has 0 radical (unpaired) electrons. The first-order chi connectivity index (χ1) is 24.5. The number of ketones is 2. The molecule has 4 aliphatic carbocycles. The van der Waals surface area contributed by atoms with Gasteiger partial charge in [-0.05, 0) is 79.4 Å². The van der Waals surface area contributed by atoms with E-state index in [0.717, 1.165) is 25.7 Å². The third kappa shape index (κ3) is 7.09. The molecule has 5 unspecified atom stereocenters. The van der Waals surface area contributed by atoms with Crippen LogP contribution in [0.2, 0.25) is 0 Å². The third-order valence-corrected chi connectivity index (χ3v) is 14.2. The van der Waals surface area contributed by atoms with Gasteiger partial charge in [-0.3, -0.25) is 9.59 Å². The van der Waals surface area contributed by atoms with E-state index < -0.39 is 74.3 Å². The summed E-state index contributed by atoms with van der Waals surface area (Å²) in [5, 5.41) is 81.5. The molecule has 6 aliphatic rings. The molecule has 52 heavy (non-hydrogen) atoms. The van der Waals surface area contributed by atoms with Crippen molar-refractivity contribution >= 4 is 11.6 Å². The normalized spacial score (nSPS) is 49.0. The Bertz CT molecular complexity index is 1330. The summed E-state index contributed by atoms with van der Waals surface area (Å²) in [6.07, 6.45) is -8.25. The molecule has 14 nitrogen and oxygen atoms in total. The summed E-state index contributed by atoms with van der Waals surface area (Å²) in [7, 11) is 0. The number of hydrogen-bond acceptors (Lipinski definition) is 14. The average Bonchev–Trinajstić information content (AvgIpc) is 3.40. The van der Waals surface area contributed by atoms with Crippen LogP contribution < -0.4 is 0 Å². The van der Waals surface area contributed by atoms with Crippen molar-refractivity contribution in [1.82, 2.24) is 0 Å². The predicted octanol–water partition coefficient (Wildman–Crippen LogP) is 0.325. The minimum absolute atomic E-state index is 0.0413. The Kier molecular flexibility index (Phi) is 12.1. The van der Waals surface area contributed by atoms with Gasteiger partial charge >= 0.3 is 0 Å². The number of carbonyl (C=O) groups is 2. The largest absolute Gasteiger partial charge is 0.396 e. The van der Waals surface area contributed by atoms with E-state index >= 15 is 0 Å². The van der Waals surface area contributed by atoms with Crippen LogP contribution in [-0.2, 0) is 28.5 Å². The minimum atomic E-state index is -1.89. The highest BCUT2D eigenvalue weighted by atomic mass is 16.8. The van der Waals surface area contributed by atoms with Gasteiger partial charge in [0.15, 0.2) is 18.9 Å². The van der Waals surface area contributed by atoms with Crippen LogP contribution >= 0.6 is 0 Å². The molecule has 14 heteroatoms. The molecule has 0 aromatic rings. The van der Waals surface area contributed by atoms with E-state index in [2.05, 4.69) is 19.9 Å². The van der Waals surface area contributed by atoms with Crippen LogP contribution in [-0.4, -0.2) is 133 Å². The molecular formula is C38H60O14. The molecule has 2 heterocycles. The second kappa shape index (κ2) is 15.6. The first kappa shape index (κ1) is 40.3. The van der Waals surface area contributed by atoms with Crippen molar-refractivity contribution in [3.05, 3.63) is 11.6 Å². The zero-order chi connectivity index (χ0) is 37.9. The number of rotatable bonds is 11. The molecule has 2 saturated heterocycles. The Hall–Kier alpha value is -1.40. The second-order valence-electron chi connectivity index (χ2n) is 17.2. The molecule has 0 amide bonds. The van der Waals surface area contributed by atoms with Crippen LogP contribution in [0.1, 0.15) is 85.5 Å². The minimum Gasteiger partial charge on any atom is -0.396 e. The maximum absolute atomic E-state index is 13.7. The molecule has 19 atom stereocenters. The van der Waals surface area contributed by atoms with Gasteiger partial charge in [-0.15, -0.1) is 0 Å². The molecule has 8 N–H and O–H groups in total. The van der Waals surface area contributed by atoms with E-state index in [-0.39, 0.29) is 52.7 Å². The number of aliphatic hydroxyl groups is 8. The molecule has 0 aromatic heterocycles. The molecule has 3 saturated carbocycles. The fourth-order valence-corrected chi connectivity index (χ4v) is 10.9. The number of ether oxygens (including phenoxy) is 4. The van der Waals surface area contributed by atoms with Crippen molar-refractivity contribution in [3.63, 3.8) is 0 Å². The van der Waals surface area contributed by atoms with Crippen molar-refractivity contribution < 1.29 is 69.4 Å². The summed E-state index contributed by atoms with van der Waals surface area (Å²) >= 11 is 0. The molecule has 0 bridgehead atoms. The standard InChI is InChI=1S/C38H60O14/c1-17(15-39)5-8-24(41)18(2)27-25(42)14-23-21-7-6-19-13-20(9-11-37(19,3)22(21)10-12-38(23,27)4)49-36-33(30(45)28(43)26(16-40)50-36)51-35-32(47)29(44)31(46)34(48)52-35/h6,17-18,20-23,26-36,39-40,43-48H,5,7-16H2,1-4H3/t17-,18-,20?,21-,22+,23+,26?,27+,28-,29?,30?,31-,32+,33+,34?,35-,36-,37+,38+/m1/s1. The molecule has 2 aliphatic heterocycles. The topological polar surface area (TPSA) is 233 Å². The maximum atomic E-state index is 13.7. The lowest BCUT2D eigenvalue weighted by molar-refractivity contribution is -0.388. The summed E-state index contributed by atoms with van der Waals surface area (Å²) in [5.41, 5.74) is 0.863. The van der Waals surface area contributed by atoms with Crippen molar-refractivity contribution in [2.24, 2.45) is 46.3 Å². The molecule has 296 valence electrons. The highest BCUT2D eigenvalue weighted by Crippen LogP contribution is 2.66. The second-order valence-corrected chi connectivity index (χ2v) is 17.2. The molecule has 6 rings (SSSR count). The zero-order valence-electron chi connectivity index (χ0n) is 30.7. The number of fused-ring (bicyclic) bond motifs is 5. The van der Waals surface area contributed by atoms with E-state index in [1.165, 1.54) is 5.57 Å². The van der Waals surface area contributed by atoms with Crippen molar-refractivity contribution in [3.8, 4) is 0 Å². The quantitative estimate of drug-likeness (QED) is 0.134. The fourth-order valence-electron chi connectivity index (χ4n) is 10.9. The number of aliphatic hydroxyl groups excluding tert-OH is 8.